The molecule has 0 N–H and O–H groups in total. The van der Waals surface area contributed by atoms with Crippen LogP contribution in [0.25, 0.3) is 0 Å². The maximum absolute atomic E-state index is 12.1. The van der Waals surface area contributed by atoms with Crippen LogP contribution in [-0.2, 0) is 24.4 Å². The lowest BCUT2D eigenvalue weighted by Gasteiger charge is -2.15. The van der Waals surface area contributed by atoms with E-state index >= 15 is 0 Å². The number of aryl methyl sites for hydroxylation is 3. The van der Waals surface area contributed by atoms with Gasteiger partial charge >= 0.3 is 0 Å². The van der Waals surface area contributed by atoms with Gasteiger partial charge in [-0.25, -0.2) is 0 Å². The van der Waals surface area contributed by atoms with Gasteiger partial charge in [0.25, 0.3) is 0 Å². The van der Waals surface area contributed by atoms with Crippen molar-refractivity contribution in [2.24, 2.45) is 0 Å². The topological polar surface area (TPSA) is 56.0 Å². The molecule has 2 rings (SSSR count). The number of nitrogens with zero attached hydrogens (tertiary/aromatic N) is 5. The molecule has 2 heterocycles. The normalized spacial score (nSPS) is 10.9. The predicted octanol–water partition coefficient (Wildman–Crippen LogP) is 2.22. The van der Waals surface area contributed by atoms with Gasteiger partial charge in [0.05, 0.1) is 22.4 Å². The van der Waals surface area contributed by atoms with Crippen molar-refractivity contribution in [2.75, 3.05) is 7.05 Å². The summed E-state index contributed by atoms with van der Waals surface area (Å²) < 4.78 is 4.61. The lowest BCUT2D eigenvalue weighted by molar-refractivity contribution is -0.130. The molecule has 114 valence electrons. The number of carbonyl (C=O) groups excluding carboxylic acids is 1. The molecule has 7 heteroatoms. The Kier molecular flexibility index (Phi) is 5.17. The fourth-order valence-electron chi connectivity index (χ4n) is 2.00. The predicted molar refractivity (Wildman–Crippen MR) is 83.7 cm³/mol. The van der Waals surface area contributed by atoms with Crippen LogP contribution < -0.4 is 0 Å². The summed E-state index contributed by atoms with van der Waals surface area (Å²) >= 11 is 3.42. The first-order valence-corrected chi connectivity index (χ1v) is 7.74. The molecule has 2 aromatic rings. The number of halogens is 1. The zero-order valence-electron chi connectivity index (χ0n) is 12.6. The van der Waals surface area contributed by atoms with E-state index in [9.17, 15) is 4.79 Å². The van der Waals surface area contributed by atoms with Gasteiger partial charge in [0.15, 0.2) is 0 Å². The third-order valence-electron chi connectivity index (χ3n) is 3.29. The number of hydrogen-bond donors (Lipinski definition) is 0. The molecular formula is C14H20BrN5O. The van der Waals surface area contributed by atoms with Crippen molar-refractivity contribution in [3.63, 3.8) is 0 Å². The number of aromatic nitrogens is 4. The van der Waals surface area contributed by atoms with Crippen LogP contribution in [0.15, 0.2) is 22.9 Å². The maximum atomic E-state index is 12.1. The molecule has 0 aliphatic carbocycles. The number of carbonyl (C=O) groups is 1. The van der Waals surface area contributed by atoms with Gasteiger partial charge in [-0.05, 0) is 35.8 Å². The van der Waals surface area contributed by atoms with Crippen LogP contribution in [0.2, 0.25) is 0 Å². The van der Waals surface area contributed by atoms with E-state index in [0.29, 0.717) is 19.5 Å². The van der Waals surface area contributed by atoms with Crippen molar-refractivity contribution in [1.29, 1.82) is 0 Å². The summed E-state index contributed by atoms with van der Waals surface area (Å²) in [6, 6.07) is 1.95. The first kappa shape index (κ1) is 15.8. The van der Waals surface area contributed by atoms with Gasteiger partial charge in [0.2, 0.25) is 5.91 Å². The van der Waals surface area contributed by atoms with E-state index in [4.69, 9.17) is 0 Å². The number of amides is 1. The van der Waals surface area contributed by atoms with E-state index in [1.165, 1.54) is 0 Å². The lowest BCUT2D eigenvalue weighted by atomic mass is 10.3. The Labute approximate surface area is 132 Å². The Morgan fingerprint density at radius 3 is 2.71 bits per heavy atom. The van der Waals surface area contributed by atoms with Gasteiger partial charge in [-0.1, -0.05) is 0 Å². The molecule has 0 spiro atoms. The van der Waals surface area contributed by atoms with Gasteiger partial charge in [0, 0.05) is 39.0 Å². The molecule has 0 aliphatic heterocycles. The van der Waals surface area contributed by atoms with Crippen molar-refractivity contribution in [3.8, 4) is 0 Å². The average Bonchev–Trinajstić information content (AvgIpc) is 3.03. The van der Waals surface area contributed by atoms with Gasteiger partial charge in [-0.3, -0.25) is 14.2 Å². The SMILES string of the molecule is CCn1ccc(CN(C)C(=O)CCn2cc(Br)c(C)n2)n1. The highest BCUT2D eigenvalue weighted by molar-refractivity contribution is 9.10. The standard InChI is InChI=1S/C14H20BrN5O/c1-4-19-7-5-12(17-19)9-18(3)14(21)6-8-20-10-13(15)11(2)16-20/h5,7,10H,4,6,8-9H2,1-3H3. The van der Waals surface area contributed by atoms with Crippen LogP contribution in [0.3, 0.4) is 0 Å². The Morgan fingerprint density at radius 2 is 2.14 bits per heavy atom. The molecule has 6 nitrogen and oxygen atoms in total. The van der Waals surface area contributed by atoms with Crippen LogP contribution in [0, 0.1) is 6.92 Å². The van der Waals surface area contributed by atoms with Crippen molar-refractivity contribution in [3.05, 3.63) is 34.3 Å². The van der Waals surface area contributed by atoms with Crippen LogP contribution in [0.4, 0.5) is 0 Å². The van der Waals surface area contributed by atoms with E-state index < -0.39 is 0 Å². The van der Waals surface area contributed by atoms with Crippen molar-refractivity contribution < 1.29 is 4.79 Å². The number of rotatable bonds is 6. The molecule has 1 amide bonds. The van der Waals surface area contributed by atoms with Crippen LogP contribution in [0.5, 0.6) is 0 Å². The van der Waals surface area contributed by atoms with Crippen LogP contribution in [0.1, 0.15) is 24.7 Å². The Morgan fingerprint density at radius 1 is 1.38 bits per heavy atom. The highest BCUT2D eigenvalue weighted by Crippen LogP contribution is 2.13. The zero-order valence-corrected chi connectivity index (χ0v) is 14.2. The molecule has 0 atom stereocenters. The monoisotopic (exact) mass is 353 g/mol. The molecular weight excluding hydrogens is 334 g/mol. The summed E-state index contributed by atoms with van der Waals surface area (Å²) in [5.41, 5.74) is 1.84. The third-order valence-corrected chi connectivity index (χ3v) is 4.06. The molecule has 2 aromatic heterocycles. The van der Waals surface area contributed by atoms with Crippen molar-refractivity contribution in [1.82, 2.24) is 24.5 Å². The second-order valence-corrected chi connectivity index (χ2v) is 5.84. The highest BCUT2D eigenvalue weighted by atomic mass is 79.9. The summed E-state index contributed by atoms with van der Waals surface area (Å²) in [6.07, 6.45) is 4.25. The van der Waals surface area contributed by atoms with E-state index in [1.807, 2.05) is 37.0 Å². The maximum Gasteiger partial charge on any atom is 0.224 e. The van der Waals surface area contributed by atoms with Gasteiger partial charge in [0.1, 0.15) is 0 Å². The largest absolute Gasteiger partial charge is 0.340 e. The summed E-state index contributed by atoms with van der Waals surface area (Å²) in [4.78, 5) is 13.8. The minimum atomic E-state index is 0.0883. The summed E-state index contributed by atoms with van der Waals surface area (Å²) in [5.74, 6) is 0.0883. The molecule has 0 radical (unpaired) electrons. The lowest BCUT2D eigenvalue weighted by Crippen LogP contribution is -2.27. The van der Waals surface area contributed by atoms with Crippen molar-refractivity contribution in [2.45, 2.75) is 39.9 Å². The van der Waals surface area contributed by atoms with Crippen LogP contribution in [-0.4, -0.2) is 37.4 Å². The van der Waals surface area contributed by atoms with E-state index in [1.54, 1.807) is 16.6 Å². The molecule has 21 heavy (non-hydrogen) atoms. The van der Waals surface area contributed by atoms with E-state index in [-0.39, 0.29) is 5.91 Å². The minimum absolute atomic E-state index is 0.0883. The molecule has 0 saturated heterocycles. The number of hydrogen-bond acceptors (Lipinski definition) is 3. The second kappa shape index (κ2) is 6.89. The van der Waals surface area contributed by atoms with Gasteiger partial charge in [-0.15, -0.1) is 0 Å². The fourth-order valence-corrected chi connectivity index (χ4v) is 2.32. The van der Waals surface area contributed by atoms with E-state index in [2.05, 4.69) is 26.1 Å². The smallest absolute Gasteiger partial charge is 0.224 e. The molecule has 0 fully saturated rings. The second-order valence-electron chi connectivity index (χ2n) is 4.99. The summed E-state index contributed by atoms with van der Waals surface area (Å²) in [6.45, 7) is 5.92. The summed E-state index contributed by atoms with van der Waals surface area (Å²) in [5, 5.41) is 8.71. The average molecular weight is 354 g/mol. The first-order chi connectivity index (χ1) is 9.99. The molecule has 0 bridgehead atoms. The quantitative estimate of drug-likeness (QED) is 0.799. The Balaban J connectivity index is 1.84. The highest BCUT2D eigenvalue weighted by Gasteiger charge is 2.11. The molecule has 0 saturated carbocycles. The molecule has 0 aromatic carbocycles. The molecule has 0 aliphatic rings. The summed E-state index contributed by atoms with van der Waals surface area (Å²) in [7, 11) is 1.80. The van der Waals surface area contributed by atoms with Gasteiger partial charge in [-0.2, -0.15) is 10.2 Å². The van der Waals surface area contributed by atoms with Crippen LogP contribution >= 0.6 is 15.9 Å². The third kappa shape index (κ3) is 4.17. The Hall–Kier alpha value is -1.63. The van der Waals surface area contributed by atoms with Crippen molar-refractivity contribution >= 4 is 21.8 Å². The minimum Gasteiger partial charge on any atom is -0.340 e. The Bertz CT molecular complexity index is 599. The first-order valence-electron chi connectivity index (χ1n) is 6.95. The zero-order chi connectivity index (χ0) is 15.4. The molecule has 0 unspecified atom stereocenters. The fraction of sp³-hybridized carbons (Fsp3) is 0.500. The van der Waals surface area contributed by atoms with E-state index in [0.717, 1.165) is 22.4 Å². The van der Waals surface area contributed by atoms with Gasteiger partial charge < -0.3 is 4.90 Å².